The minimum Gasteiger partial charge on any atom is -0.480 e. The summed E-state index contributed by atoms with van der Waals surface area (Å²) in [4.78, 5) is 34.9. The number of urea groups is 1. The van der Waals surface area contributed by atoms with E-state index in [1.165, 1.54) is 6.08 Å². The van der Waals surface area contributed by atoms with Crippen LogP contribution >= 0.6 is 22.6 Å². The lowest BCUT2D eigenvalue weighted by molar-refractivity contribution is -0.140. The zero-order valence-corrected chi connectivity index (χ0v) is 13.9. The molecular formula is C15H11IN2O5. The molecule has 2 N–H and O–H groups in total. The van der Waals surface area contributed by atoms with Gasteiger partial charge in [0.25, 0.3) is 5.91 Å². The van der Waals surface area contributed by atoms with Gasteiger partial charge in [-0.25, -0.2) is 9.69 Å². The fraction of sp³-hybridized carbons (Fsp3) is 0.133. The Morgan fingerprint density at radius 1 is 1.48 bits per heavy atom. The minimum absolute atomic E-state index is 0.0179. The molecule has 1 heterocycles. The Bertz CT molecular complexity index is 751. The third kappa shape index (κ3) is 4.01. The Morgan fingerprint density at radius 3 is 2.83 bits per heavy atom. The quantitative estimate of drug-likeness (QED) is 0.320. The molecule has 23 heavy (non-hydrogen) atoms. The van der Waals surface area contributed by atoms with E-state index in [2.05, 4.69) is 33.8 Å². The van der Waals surface area contributed by atoms with Crippen LogP contribution < -0.4 is 10.1 Å². The zero-order valence-electron chi connectivity index (χ0n) is 11.7. The van der Waals surface area contributed by atoms with Gasteiger partial charge in [0.05, 0.1) is 3.57 Å². The molecule has 3 amide bonds. The van der Waals surface area contributed by atoms with Gasteiger partial charge in [0.1, 0.15) is 24.6 Å². The molecular weight excluding hydrogens is 415 g/mol. The lowest BCUT2D eigenvalue weighted by Gasteiger charge is -2.07. The number of carboxylic acid groups (broad SMARTS) is 1. The number of terminal acetylenes is 1. The van der Waals surface area contributed by atoms with Gasteiger partial charge < -0.3 is 15.2 Å². The SMILES string of the molecule is C#CCOc1ccc(/C=C2/NC(=O)N(CC(=O)O)C2=O)cc1I. The smallest absolute Gasteiger partial charge is 0.329 e. The number of carbonyl (C=O) groups excluding carboxylic acids is 2. The van der Waals surface area contributed by atoms with Crippen molar-refractivity contribution in [3.8, 4) is 18.1 Å². The lowest BCUT2D eigenvalue weighted by Crippen LogP contribution is -2.35. The third-order valence-corrected chi connectivity index (χ3v) is 3.68. The van der Waals surface area contributed by atoms with Crippen LogP contribution in [0.25, 0.3) is 6.08 Å². The highest BCUT2D eigenvalue weighted by Crippen LogP contribution is 2.24. The molecule has 1 saturated heterocycles. The average molecular weight is 426 g/mol. The number of hydrogen-bond acceptors (Lipinski definition) is 4. The highest BCUT2D eigenvalue weighted by atomic mass is 127. The summed E-state index contributed by atoms with van der Waals surface area (Å²) in [7, 11) is 0. The number of hydrogen-bond donors (Lipinski definition) is 2. The maximum atomic E-state index is 12.0. The van der Waals surface area contributed by atoms with E-state index in [1.807, 2.05) is 0 Å². The van der Waals surface area contributed by atoms with E-state index in [0.29, 0.717) is 16.2 Å². The summed E-state index contributed by atoms with van der Waals surface area (Å²) >= 11 is 2.06. The average Bonchev–Trinajstić information content (AvgIpc) is 2.74. The Labute approximate surface area is 145 Å². The van der Waals surface area contributed by atoms with Gasteiger partial charge in [-0.15, -0.1) is 6.42 Å². The number of ether oxygens (including phenoxy) is 1. The molecule has 0 atom stereocenters. The molecule has 0 saturated carbocycles. The number of aliphatic carboxylic acids is 1. The van der Waals surface area contributed by atoms with Crippen LogP contribution in [0.5, 0.6) is 5.75 Å². The van der Waals surface area contributed by atoms with Gasteiger partial charge in [-0.1, -0.05) is 12.0 Å². The number of benzene rings is 1. The summed E-state index contributed by atoms with van der Waals surface area (Å²) in [6, 6.07) is 4.38. The largest absolute Gasteiger partial charge is 0.480 e. The van der Waals surface area contributed by atoms with Gasteiger partial charge in [0, 0.05) is 0 Å². The number of carbonyl (C=O) groups is 3. The minimum atomic E-state index is -1.26. The van der Waals surface area contributed by atoms with E-state index in [9.17, 15) is 14.4 Å². The van der Waals surface area contributed by atoms with Crippen LogP contribution in [0, 0.1) is 15.9 Å². The molecule has 0 aliphatic carbocycles. The van der Waals surface area contributed by atoms with Gasteiger partial charge in [-0.3, -0.25) is 9.59 Å². The number of amides is 3. The molecule has 1 fully saturated rings. The Balaban J connectivity index is 2.21. The fourth-order valence-electron chi connectivity index (χ4n) is 1.86. The van der Waals surface area contributed by atoms with Crippen LogP contribution in [0.2, 0.25) is 0 Å². The summed E-state index contributed by atoms with van der Waals surface area (Å²) in [5.41, 5.74) is 0.674. The number of rotatable bonds is 5. The first-order chi connectivity index (χ1) is 10.9. The Hall–Kier alpha value is -2.54. The van der Waals surface area contributed by atoms with Crippen molar-refractivity contribution in [1.82, 2.24) is 10.2 Å². The van der Waals surface area contributed by atoms with Gasteiger partial charge in [0.15, 0.2) is 0 Å². The van der Waals surface area contributed by atoms with Crippen molar-refractivity contribution in [1.29, 1.82) is 0 Å². The number of imide groups is 1. The van der Waals surface area contributed by atoms with Crippen LogP contribution in [0.1, 0.15) is 5.56 Å². The van der Waals surface area contributed by atoms with Crippen LogP contribution in [0.3, 0.4) is 0 Å². The van der Waals surface area contributed by atoms with Crippen molar-refractivity contribution in [2.75, 3.05) is 13.2 Å². The van der Waals surface area contributed by atoms with Crippen LogP contribution in [0.15, 0.2) is 23.9 Å². The summed E-state index contributed by atoms with van der Waals surface area (Å²) in [5, 5.41) is 11.1. The van der Waals surface area contributed by atoms with E-state index in [0.717, 1.165) is 3.57 Å². The number of nitrogens with one attached hydrogen (secondary N) is 1. The summed E-state index contributed by atoms with van der Waals surface area (Å²) in [5.74, 6) is 1.03. The van der Waals surface area contributed by atoms with Gasteiger partial charge in [-0.05, 0) is 46.4 Å². The molecule has 8 heteroatoms. The van der Waals surface area contributed by atoms with E-state index >= 15 is 0 Å². The second-order valence-corrected chi connectivity index (χ2v) is 5.62. The molecule has 7 nitrogen and oxygen atoms in total. The van der Waals surface area contributed by atoms with Crippen molar-refractivity contribution >= 4 is 46.6 Å². The van der Waals surface area contributed by atoms with E-state index in [-0.39, 0.29) is 12.3 Å². The number of halogens is 1. The zero-order chi connectivity index (χ0) is 17.0. The van der Waals surface area contributed by atoms with Crippen molar-refractivity contribution in [2.24, 2.45) is 0 Å². The third-order valence-electron chi connectivity index (χ3n) is 2.83. The van der Waals surface area contributed by atoms with E-state index in [4.69, 9.17) is 16.3 Å². The second-order valence-electron chi connectivity index (χ2n) is 4.46. The summed E-state index contributed by atoms with van der Waals surface area (Å²) < 4.78 is 6.12. The van der Waals surface area contributed by atoms with Gasteiger partial charge in [0.2, 0.25) is 0 Å². The first kappa shape index (κ1) is 16.8. The molecule has 0 bridgehead atoms. The van der Waals surface area contributed by atoms with Crippen molar-refractivity contribution in [3.63, 3.8) is 0 Å². The first-order valence-corrected chi connectivity index (χ1v) is 7.42. The van der Waals surface area contributed by atoms with E-state index in [1.54, 1.807) is 18.2 Å². The van der Waals surface area contributed by atoms with Crippen LogP contribution in [-0.2, 0) is 9.59 Å². The standard InChI is InChI=1S/C15H11IN2O5/c1-2-5-23-12-4-3-9(6-10(12)16)7-11-14(21)18(8-13(19)20)15(22)17-11/h1,3-4,6-7H,5,8H2,(H,17,22)(H,19,20)/b11-7+. The molecule has 2 rings (SSSR count). The fourth-order valence-corrected chi connectivity index (χ4v) is 2.56. The van der Waals surface area contributed by atoms with Crippen molar-refractivity contribution in [3.05, 3.63) is 33.0 Å². The Kier molecular flexibility index (Phi) is 5.23. The maximum Gasteiger partial charge on any atom is 0.329 e. The molecule has 0 unspecified atom stereocenters. The normalized spacial score (nSPS) is 15.5. The number of nitrogens with zero attached hydrogens (tertiary/aromatic N) is 1. The van der Waals surface area contributed by atoms with E-state index < -0.39 is 24.5 Å². The highest BCUT2D eigenvalue weighted by molar-refractivity contribution is 14.1. The Morgan fingerprint density at radius 2 is 2.22 bits per heavy atom. The maximum absolute atomic E-state index is 12.0. The van der Waals surface area contributed by atoms with Crippen LogP contribution in [0.4, 0.5) is 4.79 Å². The topological polar surface area (TPSA) is 95.9 Å². The predicted molar refractivity (Wildman–Crippen MR) is 89.3 cm³/mol. The molecule has 1 aliphatic rings. The lowest BCUT2D eigenvalue weighted by atomic mass is 10.2. The number of carboxylic acids is 1. The molecule has 1 aliphatic heterocycles. The monoisotopic (exact) mass is 426 g/mol. The van der Waals surface area contributed by atoms with Crippen molar-refractivity contribution < 1.29 is 24.2 Å². The molecule has 1 aromatic carbocycles. The molecule has 0 spiro atoms. The predicted octanol–water partition coefficient (Wildman–Crippen LogP) is 1.28. The van der Waals surface area contributed by atoms with Crippen LogP contribution in [-0.4, -0.2) is 41.1 Å². The first-order valence-electron chi connectivity index (χ1n) is 6.34. The summed E-state index contributed by atoms with van der Waals surface area (Å²) in [6.45, 7) is -0.534. The molecule has 118 valence electrons. The second kappa shape index (κ2) is 7.15. The van der Waals surface area contributed by atoms with Crippen molar-refractivity contribution in [2.45, 2.75) is 0 Å². The molecule has 0 aromatic heterocycles. The highest BCUT2D eigenvalue weighted by Gasteiger charge is 2.34. The van der Waals surface area contributed by atoms with Gasteiger partial charge >= 0.3 is 12.0 Å². The van der Waals surface area contributed by atoms with Gasteiger partial charge in [-0.2, -0.15) is 0 Å². The molecule has 1 aromatic rings. The summed E-state index contributed by atoms with van der Waals surface area (Å²) in [6.07, 6.45) is 6.60. The molecule has 0 radical (unpaired) electrons.